The van der Waals surface area contributed by atoms with Gasteiger partial charge in [-0.25, -0.2) is 0 Å². The van der Waals surface area contributed by atoms with Crippen LogP contribution >= 0.6 is 0 Å². The fourth-order valence-corrected chi connectivity index (χ4v) is 2.00. The minimum atomic E-state index is 0.0500. The van der Waals surface area contributed by atoms with Crippen molar-refractivity contribution in [3.8, 4) is 11.5 Å². The van der Waals surface area contributed by atoms with Gasteiger partial charge in [0.05, 0.1) is 6.54 Å². The smallest absolute Gasteiger partial charge is 0.233 e. The SMILES string of the molecule is CCCNC(=O)CNCCc1ccc2c(c1)OCCO2. The van der Waals surface area contributed by atoms with Crippen molar-refractivity contribution in [2.75, 3.05) is 32.8 Å². The summed E-state index contributed by atoms with van der Waals surface area (Å²) in [5, 5.41) is 5.97. The van der Waals surface area contributed by atoms with E-state index in [-0.39, 0.29) is 5.91 Å². The molecule has 0 aromatic heterocycles. The van der Waals surface area contributed by atoms with Gasteiger partial charge in [-0.05, 0) is 37.1 Å². The van der Waals surface area contributed by atoms with Gasteiger partial charge >= 0.3 is 0 Å². The van der Waals surface area contributed by atoms with Crippen LogP contribution < -0.4 is 20.1 Å². The second-order valence-electron chi connectivity index (χ2n) is 4.75. The van der Waals surface area contributed by atoms with Crippen molar-refractivity contribution in [1.29, 1.82) is 0 Å². The summed E-state index contributed by atoms with van der Waals surface area (Å²) in [6, 6.07) is 5.98. The quantitative estimate of drug-likeness (QED) is 0.734. The highest BCUT2D eigenvalue weighted by Gasteiger charge is 2.11. The van der Waals surface area contributed by atoms with Crippen LogP contribution in [-0.2, 0) is 11.2 Å². The molecule has 0 bridgehead atoms. The summed E-state index contributed by atoms with van der Waals surface area (Å²) < 4.78 is 11.0. The van der Waals surface area contributed by atoms with Crippen molar-refractivity contribution in [2.45, 2.75) is 19.8 Å². The summed E-state index contributed by atoms with van der Waals surface area (Å²) in [6.45, 7) is 5.12. The van der Waals surface area contributed by atoms with Gasteiger partial charge < -0.3 is 20.1 Å². The van der Waals surface area contributed by atoms with Crippen LogP contribution in [0.1, 0.15) is 18.9 Å². The third-order valence-corrected chi connectivity index (χ3v) is 3.05. The van der Waals surface area contributed by atoms with Crippen molar-refractivity contribution in [1.82, 2.24) is 10.6 Å². The fourth-order valence-electron chi connectivity index (χ4n) is 2.00. The van der Waals surface area contributed by atoms with Crippen molar-refractivity contribution >= 4 is 5.91 Å². The normalized spacial score (nSPS) is 13.1. The summed E-state index contributed by atoms with van der Waals surface area (Å²) >= 11 is 0. The molecular weight excluding hydrogens is 256 g/mol. The number of nitrogens with one attached hydrogen (secondary N) is 2. The number of benzene rings is 1. The van der Waals surface area contributed by atoms with Crippen LogP contribution in [0.2, 0.25) is 0 Å². The van der Waals surface area contributed by atoms with Crippen LogP contribution in [-0.4, -0.2) is 38.8 Å². The van der Waals surface area contributed by atoms with Gasteiger partial charge in [-0.15, -0.1) is 0 Å². The molecule has 0 radical (unpaired) electrons. The van der Waals surface area contributed by atoms with E-state index in [9.17, 15) is 4.79 Å². The highest BCUT2D eigenvalue weighted by molar-refractivity contribution is 5.77. The lowest BCUT2D eigenvalue weighted by Gasteiger charge is -2.18. The van der Waals surface area contributed by atoms with Gasteiger partial charge in [0.2, 0.25) is 5.91 Å². The van der Waals surface area contributed by atoms with E-state index >= 15 is 0 Å². The minimum Gasteiger partial charge on any atom is -0.486 e. The van der Waals surface area contributed by atoms with Crippen LogP contribution in [0.3, 0.4) is 0 Å². The third kappa shape index (κ3) is 4.42. The van der Waals surface area contributed by atoms with Gasteiger partial charge in [-0.1, -0.05) is 13.0 Å². The lowest BCUT2D eigenvalue weighted by Crippen LogP contribution is -2.35. The molecule has 5 nitrogen and oxygen atoms in total. The molecule has 2 N–H and O–H groups in total. The van der Waals surface area contributed by atoms with E-state index in [4.69, 9.17) is 9.47 Å². The zero-order chi connectivity index (χ0) is 14.2. The molecule has 1 amide bonds. The largest absolute Gasteiger partial charge is 0.486 e. The molecule has 110 valence electrons. The summed E-state index contributed by atoms with van der Waals surface area (Å²) in [7, 11) is 0. The standard InChI is InChI=1S/C15H22N2O3/c1-2-6-17-15(18)11-16-7-5-12-3-4-13-14(10-12)20-9-8-19-13/h3-4,10,16H,2,5-9,11H2,1H3,(H,17,18). The van der Waals surface area contributed by atoms with Crippen molar-refractivity contribution < 1.29 is 14.3 Å². The maximum Gasteiger partial charge on any atom is 0.233 e. The first-order valence-electron chi connectivity index (χ1n) is 7.15. The Kier molecular flexibility index (Phi) is 5.68. The second kappa shape index (κ2) is 7.75. The molecule has 1 aliphatic rings. The topological polar surface area (TPSA) is 59.6 Å². The zero-order valence-electron chi connectivity index (χ0n) is 11.9. The van der Waals surface area contributed by atoms with Crippen molar-refractivity contribution in [2.24, 2.45) is 0 Å². The molecule has 0 saturated heterocycles. The lowest BCUT2D eigenvalue weighted by atomic mass is 10.1. The molecule has 2 rings (SSSR count). The Morgan fingerprint density at radius 3 is 2.80 bits per heavy atom. The Bertz CT molecular complexity index is 449. The number of ether oxygens (including phenoxy) is 2. The molecule has 0 fully saturated rings. The van der Waals surface area contributed by atoms with Gasteiger partial charge in [-0.2, -0.15) is 0 Å². The number of carbonyl (C=O) groups excluding carboxylic acids is 1. The van der Waals surface area contributed by atoms with Gasteiger partial charge in [0, 0.05) is 6.54 Å². The summed E-state index contributed by atoms with van der Waals surface area (Å²) in [6.07, 6.45) is 1.82. The molecule has 1 aromatic carbocycles. The third-order valence-electron chi connectivity index (χ3n) is 3.05. The summed E-state index contributed by atoms with van der Waals surface area (Å²) in [4.78, 5) is 11.4. The van der Waals surface area contributed by atoms with E-state index in [0.29, 0.717) is 19.8 Å². The molecule has 0 spiro atoms. The number of hydrogen-bond acceptors (Lipinski definition) is 4. The van der Waals surface area contributed by atoms with Crippen LogP contribution in [0.5, 0.6) is 11.5 Å². The van der Waals surface area contributed by atoms with E-state index in [1.165, 1.54) is 5.56 Å². The predicted molar refractivity (Wildman–Crippen MR) is 77.3 cm³/mol. The number of carbonyl (C=O) groups is 1. The average Bonchev–Trinajstić information content (AvgIpc) is 2.49. The first kappa shape index (κ1) is 14.7. The van der Waals surface area contributed by atoms with E-state index in [2.05, 4.69) is 10.6 Å². The number of amides is 1. The molecule has 0 unspecified atom stereocenters. The van der Waals surface area contributed by atoms with Crippen LogP contribution in [0.15, 0.2) is 18.2 Å². The molecule has 0 saturated carbocycles. The first-order valence-corrected chi connectivity index (χ1v) is 7.15. The lowest BCUT2D eigenvalue weighted by molar-refractivity contribution is -0.120. The zero-order valence-corrected chi connectivity index (χ0v) is 11.9. The van der Waals surface area contributed by atoms with Gasteiger partial charge in [-0.3, -0.25) is 4.79 Å². The summed E-state index contributed by atoms with van der Waals surface area (Å²) in [5.41, 5.74) is 1.18. The predicted octanol–water partition coefficient (Wildman–Crippen LogP) is 1.12. The Morgan fingerprint density at radius 2 is 2.00 bits per heavy atom. The number of fused-ring (bicyclic) bond motifs is 1. The van der Waals surface area contributed by atoms with E-state index in [1.807, 2.05) is 25.1 Å². The van der Waals surface area contributed by atoms with Crippen molar-refractivity contribution in [3.63, 3.8) is 0 Å². The Labute approximate surface area is 119 Å². The second-order valence-corrected chi connectivity index (χ2v) is 4.75. The highest BCUT2D eigenvalue weighted by Crippen LogP contribution is 2.30. The van der Waals surface area contributed by atoms with Crippen LogP contribution in [0.4, 0.5) is 0 Å². The van der Waals surface area contributed by atoms with Crippen LogP contribution in [0, 0.1) is 0 Å². The molecule has 1 aromatic rings. The molecular formula is C15H22N2O3. The molecule has 1 aliphatic heterocycles. The Morgan fingerprint density at radius 1 is 1.20 bits per heavy atom. The minimum absolute atomic E-state index is 0.0500. The molecule has 20 heavy (non-hydrogen) atoms. The van der Waals surface area contributed by atoms with Gasteiger partial charge in [0.15, 0.2) is 11.5 Å². The molecule has 1 heterocycles. The molecule has 5 heteroatoms. The maximum atomic E-state index is 11.4. The Hall–Kier alpha value is -1.75. The van der Waals surface area contributed by atoms with Gasteiger partial charge in [0.25, 0.3) is 0 Å². The first-order chi connectivity index (χ1) is 9.79. The Balaban J connectivity index is 1.70. The highest BCUT2D eigenvalue weighted by atomic mass is 16.6. The average molecular weight is 278 g/mol. The molecule has 0 atom stereocenters. The fraction of sp³-hybridized carbons (Fsp3) is 0.533. The number of rotatable bonds is 7. The summed E-state index contributed by atoms with van der Waals surface area (Å²) in [5.74, 6) is 1.68. The van der Waals surface area contributed by atoms with E-state index in [1.54, 1.807) is 0 Å². The monoisotopic (exact) mass is 278 g/mol. The molecule has 0 aliphatic carbocycles. The maximum absolute atomic E-state index is 11.4. The van der Waals surface area contributed by atoms with E-state index < -0.39 is 0 Å². The van der Waals surface area contributed by atoms with Gasteiger partial charge in [0.1, 0.15) is 13.2 Å². The number of hydrogen-bond donors (Lipinski definition) is 2. The van der Waals surface area contributed by atoms with Crippen LogP contribution in [0.25, 0.3) is 0 Å². The van der Waals surface area contributed by atoms with E-state index in [0.717, 1.165) is 37.4 Å². The van der Waals surface area contributed by atoms with Crippen molar-refractivity contribution in [3.05, 3.63) is 23.8 Å².